The number of aryl methyl sites for hydroxylation is 1. The second-order valence-electron chi connectivity index (χ2n) is 7.15. The Balaban J connectivity index is 1.74. The SMILES string of the molecule is Cc1cc(/C=N\NC(=O)CN(c2ccc(Cl)cc2)S(C)(=O)=O)c(C)n1-c1ccccc1Br. The molecule has 0 unspecified atom stereocenters. The number of hydrazone groups is 1. The zero-order chi connectivity index (χ0) is 23.5. The predicted octanol–water partition coefficient (Wildman–Crippen LogP) is 4.43. The van der Waals surface area contributed by atoms with Crippen LogP contribution in [-0.2, 0) is 14.8 Å². The zero-order valence-corrected chi connectivity index (χ0v) is 20.9. The summed E-state index contributed by atoms with van der Waals surface area (Å²) in [6.45, 7) is 3.54. The van der Waals surface area contributed by atoms with Crippen molar-refractivity contribution >= 4 is 55.4 Å². The van der Waals surface area contributed by atoms with E-state index in [0.717, 1.165) is 37.7 Å². The first kappa shape index (κ1) is 24.0. The Morgan fingerprint density at radius 2 is 1.84 bits per heavy atom. The van der Waals surface area contributed by atoms with Gasteiger partial charge in [0.15, 0.2) is 0 Å². The number of halogens is 2. The standard InChI is InChI=1S/C22H22BrClN4O3S/c1-15-12-17(16(2)28(15)21-7-5-4-6-20(21)23)13-25-26-22(29)14-27(32(3,30)31)19-10-8-18(24)9-11-19/h4-13H,14H2,1-3H3,(H,26,29)/b25-13-. The minimum Gasteiger partial charge on any atom is -0.317 e. The lowest BCUT2D eigenvalue weighted by Gasteiger charge is -2.21. The van der Waals surface area contributed by atoms with Crippen LogP contribution in [0.1, 0.15) is 17.0 Å². The van der Waals surface area contributed by atoms with Crippen molar-refractivity contribution in [1.82, 2.24) is 9.99 Å². The lowest BCUT2D eigenvalue weighted by Crippen LogP contribution is -2.39. The van der Waals surface area contributed by atoms with Gasteiger partial charge in [0, 0.05) is 26.4 Å². The van der Waals surface area contributed by atoms with E-state index in [1.165, 1.54) is 12.1 Å². The Morgan fingerprint density at radius 3 is 2.47 bits per heavy atom. The molecule has 2 aromatic carbocycles. The number of anilines is 1. The van der Waals surface area contributed by atoms with Crippen molar-refractivity contribution in [3.05, 3.63) is 81.0 Å². The molecule has 0 atom stereocenters. The summed E-state index contributed by atoms with van der Waals surface area (Å²) in [7, 11) is -3.68. The third-order valence-corrected chi connectivity index (χ3v) is 6.82. The second kappa shape index (κ2) is 9.89. The fourth-order valence-electron chi connectivity index (χ4n) is 3.27. The average Bonchev–Trinajstić information content (AvgIpc) is 3.00. The molecule has 3 aromatic rings. The predicted molar refractivity (Wildman–Crippen MR) is 132 cm³/mol. The molecule has 0 spiro atoms. The highest BCUT2D eigenvalue weighted by atomic mass is 79.9. The van der Waals surface area contributed by atoms with Crippen LogP contribution in [-0.4, -0.2) is 37.9 Å². The Labute approximate surface area is 200 Å². The third-order valence-electron chi connectivity index (χ3n) is 4.76. The van der Waals surface area contributed by atoms with Crippen LogP contribution in [0.15, 0.2) is 64.2 Å². The van der Waals surface area contributed by atoms with Crippen molar-refractivity contribution in [3.8, 4) is 5.69 Å². The van der Waals surface area contributed by atoms with Gasteiger partial charge in [-0.25, -0.2) is 13.8 Å². The molecule has 7 nitrogen and oxygen atoms in total. The molecule has 1 heterocycles. The zero-order valence-electron chi connectivity index (χ0n) is 17.7. The molecule has 3 rings (SSSR count). The number of hydrogen-bond donors (Lipinski definition) is 1. The van der Waals surface area contributed by atoms with Crippen molar-refractivity contribution in [2.75, 3.05) is 17.1 Å². The molecule has 0 aliphatic heterocycles. The van der Waals surface area contributed by atoms with Crippen LogP contribution >= 0.6 is 27.5 Å². The minimum atomic E-state index is -3.68. The summed E-state index contributed by atoms with van der Waals surface area (Å²) in [5, 5.41) is 4.49. The van der Waals surface area contributed by atoms with Gasteiger partial charge < -0.3 is 4.57 Å². The van der Waals surface area contributed by atoms with Crippen LogP contribution < -0.4 is 9.73 Å². The number of nitrogens with one attached hydrogen (secondary N) is 1. The summed E-state index contributed by atoms with van der Waals surface area (Å²) in [6.07, 6.45) is 2.58. The van der Waals surface area contributed by atoms with Crippen LogP contribution in [0.25, 0.3) is 5.69 Å². The summed E-state index contributed by atoms with van der Waals surface area (Å²) in [5.74, 6) is -0.568. The van der Waals surface area contributed by atoms with Crippen LogP contribution in [0, 0.1) is 13.8 Å². The lowest BCUT2D eigenvalue weighted by atomic mass is 10.2. The Kier molecular flexibility index (Phi) is 7.43. The fourth-order valence-corrected chi connectivity index (χ4v) is 4.71. The average molecular weight is 538 g/mol. The van der Waals surface area contributed by atoms with Crippen LogP contribution in [0.5, 0.6) is 0 Å². The first-order chi connectivity index (χ1) is 15.1. The highest BCUT2D eigenvalue weighted by molar-refractivity contribution is 9.10. The van der Waals surface area contributed by atoms with E-state index in [-0.39, 0.29) is 0 Å². The Morgan fingerprint density at radius 1 is 1.19 bits per heavy atom. The Bertz CT molecular complexity index is 1270. The number of benzene rings is 2. The quantitative estimate of drug-likeness (QED) is 0.358. The van der Waals surface area contributed by atoms with Gasteiger partial charge in [-0.2, -0.15) is 5.10 Å². The summed E-state index contributed by atoms with van der Waals surface area (Å²) in [6, 6.07) is 16.0. The molecular formula is C22H22BrClN4O3S. The second-order valence-corrected chi connectivity index (χ2v) is 10.4. The van der Waals surface area contributed by atoms with E-state index in [1.54, 1.807) is 18.3 Å². The molecule has 0 saturated carbocycles. The summed E-state index contributed by atoms with van der Waals surface area (Å²) >= 11 is 9.44. The number of sulfonamides is 1. The maximum absolute atomic E-state index is 12.4. The van der Waals surface area contributed by atoms with Gasteiger partial charge in [-0.1, -0.05) is 23.7 Å². The van der Waals surface area contributed by atoms with Crippen molar-refractivity contribution in [2.45, 2.75) is 13.8 Å². The summed E-state index contributed by atoms with van der Waals surface area (Å²) < 4.78 is 28.4. The lowest BCUT2D eigenvalue weighted by molar-refractivity contribution is -0.119. The fraction of sp³-hybridized carbons (Fsp3) is 0.182. The molecule has 0 saturated heterocycles. The van der Waals surface area contributed by atoms with E-state index >= 15 is 0 Å². The van der Waals surface area contributed by atoms with Crippen molar-refractivity contribution < 1.29 is 13.2 Å². The maximum Gasteiger partial charge on any atom is 0.260 e. The molecule has 0 fully saturated rings. The number of para-hydroxylation sites is 1. The van der Waals surface area contributed by atoms with E-state index < -0.39 is 22.5 Å². The van der Waals surface area contributed by atoms with Crippen molar-refractivity contribution in [2.24, 2.45) is 5.10 Å². The number of nitrogens with zero attached hydrogens (tertiary/aromatic N) is 3. The largest absolute Gasteiger partial charge is 0.317 e. The van der Waals surface area contributed by atoms with Crippen LogP contribution in [0.2, 0.25) is 5.02 Å². The molecule has 168 valence electrons. The summed E-state index contributed by atoms with van der Waals surface area (Å²) in [5.41, 5.74) is 6.53. The van der Waals surface area contributed by atoms with E-state index in [0.29, 0.717) is 10.7 Å². The Hall–Kier alpha value is -2.62. The van der Waals surface area contributed by atoms with Gasteiger partial charge in [-0.3, -0.25) is 9.10 Å². The van der Waals surface area contributed by atoms with Gasteiger partial charge in [-0.05, 0) is 72.2 Å². The monoisotopic (exact) mass is 536 g/mol. The van der Waals surface area contributed by atoms with E-state index in [9.17, 15) is 13.2 Å². The number of aromatic nitrogens is 1. The molecule has 10 heteroatoms. The molecule has 0 aliphatic carbocycles. The maximum atomic E-state index is 12.4. The van der Waals surface area contributed by atoms with Crippen LogP contribution in [0.3, 0.4) is 0 Å². The number of carbonyl (C=O) groups excluding carboxylic acids is 1. The van der Waals surface area contributed by atoms with Crippen molar-refractivity contribution in [3.63, 3.8) is 0 Å². The first-order valence-corrected chi connectivity index (χ1v) is 12.6. The molecule has 1 aromatic heterocycles. The topological polar surface area (TPSA) is 83.8 Å². The molecular weight excluding hydrogens is 516 g/mol. The first-order valence-electron chi connectivity index (χ1n) is 9.57. The molecule has 32 heavy (non-hydrogen) atoms. The van der Waals surface area contributed by atoms with Crippen LogP contribution in [0.4, 0.5) is 5.69 Å². The van der Waals surface area contributed by atoms with E-state index in [2.05, 4.69) is 31.0 Å². The van der Waals surface area contributed by atoms with Gasteiger partial charge in [0.05, 0.1) is 23.8 Å². The molecule has 0 bridgehead atoms. The third kappa shape index (κ3) is 5.59. The highest BCUT2D eigenvalue weighted by Gasteiger charge is 2.20. The molecule has 0 aliphatic rings. The van der Waals surface area contributed by atoms with Gasteiger partial charge in [0.25, 0.3) is 5.91 Å². The van der Waals surface area contributed by atoms with Gasteiger partial charge in [0.2, 0.25) is 10.0 Å². The number of rotatable bonds is 7. The number of amides is 1. The van der Waals surface area contributed by atoms with E-state index in [1.807, 2.05) is 44.2 Å². The number of carbonyl (C=O) groups is 1. The molecule has 0 radical (unpaired) electrons. The minimum absolute atomic E-state index is 0.341. The van der Waals surface area contributed by atoms with Crippen molar-refractivity contribution in [1.29, 1.82) is 0 Å². The molecule has 1 N–H and O–H groups in total. The molecule has 1 amide bonds. The normalized spacial score (nSPS) is 11.7. The van der Waals surface area contributed by atoms with Gasteiger partial charge >= 0.3 is 0 Å². The number of hydrogen-bond acceptors (Lipinski definition) is 4. The smallest absolute Gasteiger partial charge is 0.260 e. The highest BCUT2D eigenvalue weighted by Crippen LogP contribution is 2.26. The van der Waals surface area contributed by atoms with Gasteiger partial charge in [0.1, 0.15) is 6.54 Å². The summed E-state index contributed by atoms with van der Waals surface area (Å²) in [4.78, 5) is 12.4. The van der Waals surface area contributed by atoms with E-state index in [4.69, 9.17) is 11.6 Å². The van der Waals surface area contributed by atoms with Gasteiger partial charge in [-0.15, -0.1) is 0 Å².